The summed E-state index contributed by atoms with van der Waals surface area (Å²) in [6.07, 6.45) is 5.27. The number of benzene rings is 1. The van der Waals surface area contributed by atoms with Gasteiger partial charge in [0.2, 0.25) is 0 Å². The number of aromatic nitrogens is 1. The Hall–Kier alpha value is -3.51. The predicted octanol–water partition coefficient (Wildman–Crippen LogP) is 1.92. The van der Waals surface area contributed by atoms with Crippen molar-refractivity contribution in [2.75, 3.05) is 12.4 Å². The van der Waals surface area contributed by atoms with Gasteiger partial charge in [0.05, 0.1) is 13.7 Å². The molecule has 6 nitrogen and oxygen atoms in total. The minimum Gasteiger partial charge on any atom is -0.497 e. The van der Waals surface area contributed by atoms with E-state index in [9.17, 15) is 9.59 Å². The minimum atomic E-state index is -0.574. The number of carbonyl (C=O) groups is 1. The maximum absolute atomic E-state index is 12.5. The summed E-state index contributed by atoms with van der Waals surface area (Å²) >= 11 is 0. The highest BCUT2D eigenvalue weighted by molar-refractivity contribution is 6.03. The molecule has 6 heteroatoms. The fraction of sp³-hybridized carbons (Fsp3) is 0.167. The summed E-state index contributed by atoms with van der Waals surface area (Å²) in [5.41, 5.74) is 0.477. The number of amides is 1. The van der Waals surface area contributed by atoms with Crippen molar-refractivity contribution in [3.63, 3.8) is 0 Å². The van der Waals surface area contributed by atoms with E-state index in [0.29, 0.717) is 17.0 Å². The first-order valence-electron chi connectivity index (χ1n) is 7.05. The van der Waals surface area contributed by atoms with Crippen molar-refractivity contribution < 1.29 is 9.53 Å². The van der Waals surface area contributed by atoms with E-state index in [2.05, 4.69) is 11.2 Å². The number of hydrogen-bond donors (Lipinski definition) is 1. The molecule has 0 spiro atoms. The molecule has 1 aromatic heterocycles. The summed E-state index contributed by atoms with van der Waals surface area (Å²) in [5, 5.41) is 11.8. The van der Waals surface area contributed by atoms with Gasteiger partial charge in [-0.1, -0.05) is 5.92 Å². The molecule has 0 unspecified atom stereocenters. The van der Waals surface area contributed by atoms with Gasteiger partial charge in [-0.15, -0.1) is 6.42 Å². The smallest absolute Gasteiger partial charge is 0.272 e. The average molecular weight is 321 g/mol. The quantitative estimate of drug-likeness (QED) is 0.872. The van der Waals surface area contributed by atoms with Gasteiger partial charge in [0.25, 0.3) is 11.5 Å². The Kier molecular flexibility index (Phi) is 5.03. The van der Waals surface area contributed by atoms with Crippen molar-refractivity contribution in [2.24, 2.45) is 0 Å². The van der Waals surface area contributed by atoms with Gasteiger partial charge in [-0.2, -0.15) is 5.26 Å². The highest BCUT2D eigenvalue weighted by Crippen LogP contribution is 2.16. The first-order chi connectivity index (χ1) is 11.5. The van der Waals surface area contributed by atoms with Gasteiger partial charge < -0.3 is 10.1 Å². The number of ether oxygens (including phenoxy) is 1. The fourth-order valence-electron chi connectivity index (χ4n) is 2.21. The number of pyridine rings is 1. The molecule has 24 heavy (non-hydrogen) atoms. The van der Waals surface area contributed by atoms with E-state index in [4.69, 9.17) is 16.4 Å². The number of hydrogen-bond acceptors (Lipinski definition) is 4. The Labute approximate surface area is 139 Å². The van der Waals surface area contributed by atoms with Gasteiger partial charge >= 0.3 is 0 Å². The summed E-state index contributed by atoms with van der Waals surface area (Å²) in [5.74, 6) is 2.50. The number of nitriles is 1. The lowest BCUT2D eigenvalue weighted by atomic mass is 10.1. The molecule has 0 aliphatic rings. The molecular formula is C18H15N3O3. The Bertz CT molecular complexity index is 913. The van der Waals surface area contributed by atoms with E-state index in [1.807, 2.05) is 6.07 Å². The highest BCUT2D eigenvalue weighted by Gasteiger charge is 2.17. The van der Waals surface area contributed by atoms with Gasteiger partial charge in [-0.25, -0.2) is 0 Å². The molecule has 0 radical (unpaired) electrons. The fourth-order valence-corrected chi connectivity index (χ4v) is 2.21. The summed E-state index contributed by atoms with van der Waals surface area (Å²) in [6.45, 7) is 1.50. The monoisotopic (exact) mass is 321 g/mol. The third kappa shape index (κ3) is 3.29. The molecule has 1 amide bonds. The maximum atomic E-state index is 12.5. The second kappa shape index (κ2) is 7.17. The number of aryl methyl sites for hydroxylation is 1. The summed E-state index contributed by atoms with van der Waals surface area (Å²) in [6, 6.07) is 10.1. The van der Waals surface area contributed by atoms with Crippen molar-refractivity contribution in [1.29, 1.82) is 5.26 Å². The molecular weight excluding hydrogens is 306 g/mol. The van der Waals surface area contributed by atoms with Gasteiger partial charge in [0, 0.05) is 5.69 Å². The Morgan fingerprint density at radius 2 is 2.04 bits per heavy atom. The minimum absolute atomic E-state index is 0.0220. The number of anilines is 1. The second-order valence-electron chi connectivity index (χ2n) is 4.98. The lowest BCUT2D eigenvalue weighted by Crippen LogP contribution is -2.30. The predicted molar refractivity (Wildman–Crippen MR) is 89.9 cm³/mol. The van der Waals surface area contributed by atoms with Gasteiger partial charge in [-0.3, -0.25) is 14.2 Å². The van der Waals surface area contributed by atoms with E-state index in [-0.39, 0.29) is 17.8 Å². The highest BCUT2D eigenvalue weighted by atomic mass is 16.5. The van der Waals surface area contributed by atoms with Crippen molar-refractivity contribution in [1.82, 2.24) is 4.57 Å². The van der Waals surface area contributed by atoms with Crippen LogP contribution >= 0.6 is 0 Å². The molecule has 1 aromatic carbocycles. The largest absolute Gasteiger partial charge is 0.497 e. The van der Waals surface area contributed by atoms with Crippen LogP contribution in [0.5, 0.6) is 5.75 Å². The molecule has 1 N–H and O–H groups in total. The number of rotatable bonds is 4. The molecule has 120 valence electrons. The van der Waals surface area contributed by atoms with Crippen LogP contribution in [0.15, 0.2) is 35.1 Å². The molecule has 0 saturated carbocycles. The number of methoxy groups -OCH3 is 1. The topological polar surface area (TPSA) is 84.1 Å². The summed E-state index contributed by atoms with van der Waals surface area (Å²) in [4.78, 5) is 24.8. The molecule has 0 aliphatic carbocycles. The van der Waals surface area contributed by atoms with Crippen LogP contribution in [0.3, 0.4) is 0 Å². The van der Waals surface area contributed by atoms with Gasteiger partial charge in [0.1, 0.15) is 23.1 Å². The molecule has 0 bridgehead atoms. The normalized spacial score (nSPS) is 9.67. The molecule has 0 atom stereocenters. The molecule has 0 fully saturated rings. The Morgan fingerprint density at radius 1 is 1.38 bits per heavy atom. The zero-order chi connectivity index (χ0) is 17.7. The number of carbonyl (C=O) groups excluding carboxylic acids is 1. The van der Waals surface area contributed by atoms with Crippen LogP contribution in [0.4, 0.5) is 5.69 Å². The van der Waals surface area contributed by atoms with Crippen LogP contribution in [0.2, 0.25) is 0 Å². The Balaban J connectivity index is 2.43. The van der Waals surface area contributed by atoms with Crippen LogP contribution < -0.4 is 15.6 Å². The first-order valence-corrected chi connectivity index (χ1v) is 7.05. The molecule has 0 aliphatic heterocycles. The zero-order valence-electron chi connectivity index (χ0n) is 13.3. The van der Waals surface area contributed by atoms with Crippen molar-refractivity contribution >= 4 is 11.6 Å². The number of nitrogens with one attached hydrogen (secondary N) is 1. The van der Waals surface area contributed by atoms with Crippen molar-refractivity contribution in [2.45, 2.75) is 13.5 Å². The standard InChI is InChI=1S/C18H15N3O3/c1-4-9-21-16(10-12(2)15(11-19)18(21)23)17(22)20-13-5-7-14(24-3)8-6-13/h1,5-8,10H,9H2,2-3H3,(H,20,22). The van der Waals surface area contributed by atoms with E-state index in [1.165, 1.54) is 6.07 Å². The summed E-state index contributed by atoms with van der Waals surface area (Å²) < 4.78 is 6.17. The Morgan fingerprint density at radius 3 is 2.58 bits per heavy atom. The maximum Gasteiger partial charge on any atom is 0.272 e. The second-order valence-corrected chi connectivity index (χ2v) is 4.98. The van der Waals surface area contributed by atoms with Crippen LogP contribution in [0, 0.1) is 30.6 Å². The molecule has 2 aromatic rings. The molecule has 2 rings (SSSR count). The zero-order valence-corrected chi connectivity index (χ0v) is 13.3. The summed E-state index contributed by atoms with van der Waals surface area (Å²) in [7, 11) is 1.55. The third-order valence-electron chi connectivity index (χ3n) is 3.44. The van der Waals surface area contributed by atoms with Crippen LogP contribution in [-0.4, -0.2) is 17.6 Å². The van der Waals surface area contributed by atoms with Crippen LogP contribution in [0.25, 0.3) is 0 Å². The molecule has 1 heterocycles. The SMILES string of the molecule is C#CCn1c(C(=O)Nc2ccc(OC)cc2)cc(C)c(C#N)c1=O. The van der Waals surface area contributed by atoms with E-state index in [0.717, 1.165) is 4.57 Å². The van der Waals surface area contributed by atoms with Crippen LogP contribution in [0.1, 0.15) is 21.6 Å². The van der Waals surface area contributed by atoms with E-state index >= 15 is 0 Å². The van der Waals surface area contributed by atoms with E-state index < -0.39 is 11.5 Å². The van der Waals surface area contributed by atoms with Crippen molar-refractivity contribution in [3.05, 3.63) is 57.5 Å². The van der Waals surface area contributed by atoms with Crippen molar-refractivity contribution in [3.8, 4) is 24.2 Å². The molecule has 0 saturated heterocycles. The van der Waals surface area contributed by atoms with Gasteiger partial charge in [0.15, 0.2) is 0 Å². The lowest BCUT2D eigenvalue weighted by Gasteiger charge is -2.13. The first kappa shape index (κ1) is 16.9. The van der Waals surface area contributed by atoms with Gasteiger partial charge in [-0.05, 0) is 42.8 Å². The number of terminal acetylenes is 1. The van der Waals surface area contributed by atoms with E-state index in [1.54, 1.807) is 38.3 Å². The number of nitrogens with zero attached hydrogens (tertiary/aromatic N) is 2. The lowest BCUT2D eigenvalue weighted by molar-refractivity contribution is 0.101. The average Bonchev–Trinajstić information content (AvgIpc) is 2.58. The van der Waals surface area contributed by atoms with Crippen LogP contribution in [-0.2, 0) is 6.54 Å². The third-order valence-corrected chi connectivity index (χ3v) is 3.44.